The fourth-order valence-electron chi connectivity index (χ4n) is 3.13. The summed E-state index contributed by atoms with van der Waals surface area (Å²) in [6.45, 7) is 15.7. The first kappa shape index (κ1) is 11.1. The van der Waals surface area contributed by atoms with Crippen molar-refractivity contribution in [2.45, 2.75) is 77.6 Å². The fraction of sp³-hybridized carbons (Fsp3) is 0.667. The molecule has 0 saturated heterocycles. The van der Waals surface area contributed by atoms with E-state index in [-0.39, 0.29) is 16.2 Å². The van der Waals surface area contributed by atoms with E-state index in [2.05, 4.69) is 48.5 Å². The lowest BCUT2D eigenvalue weighted by atomic mass is 9.60. The first-order valence-corrected chi connectivity index (χ1v) is 7.03. The quantitative estimate of drug-likeness (QED) is 0.580. The molecule has 0 aliphatic heterocycles. The van der Waals surface area contributed by atoms with Crippen LogP contribution in [0.25, 0.3) is 0 Å². The number of benzene rings is 1. The summed E-state index contributed by atoms with van der Waals surface area (Å²) in [6.07, 6.45) is 2.23. The van der Waals surface area contributed by atoms with Crippen LogP contribution in [0.3, 0.4) is 0 Å². The molecule has 0 bridgehead atoms. The Kier molecular flexibility index (Phi) is 2.37. The van der Waals surface area contributed by atoms with Gasteiger partial charge in [-0.3, -0.25) is 0 Å². The predicted molar refractivity (Wildman–Crippen MR) is 80.4 cm³/mol. The average molecular weight is 246 g/mol. The average Bonchev–Trinajstić information content (AvgIpc) is 2.26. The van der Waals surface area contributed by atoms with Gasteiger partial charge in [0.05, 0.1) is 2.74 Å². The van der Waals surface area contributed by atoms with Crippen molar-refractivity contribution < 1.29 is 2.74 Å². The number of fused-ring (bicyclic) bond motifs is 1. The maximum atomic E-state index is 8.42. The fourth-order valence-corrected chi connectivity index (χ4v) is 3.13. The molecule has 0 aromatic heterocycles. The van der Waals surface area contributed by atoms with Crippen LogP contribution in [0.15, 0.2) is 18.2 Å². The molecule has 1 aromatic rings. The molecule has 18 heavy (non-hydrogen) atoms. The standard InChI is InChI=1S/C18H28/c1-16(2,3)13-9-8-10-14-15(13)18(6,7)12-11-17(14,4)5/h8-10H,11-12H2,1-7H3/i8D,10D. The molecule has 0 heterocycles. The lowest BCUT2D eigenvalue weighted by Crippen LogP contribution is -2.36. The molecule has 2 rings (SSSR count). The second-order valence-corrected chi connectivity index (χ2v) is 8.10. The topological polar surface area (TPSA) is 0 Å². The van der Waals surface area contributed by atoms with Crippen LogP contribution >= 0.6 is 0 Å². The van der Waals surface area contributed by atoms with Gasteiger partial charge in [0, 0.05) is 0 Å². The van der Waals surface area contributed by atoms with Gasteiger partial charge in [0.2, 0.25) is 0 Å². The molecule has 1 aromatic carbocycles. The van der Waals surface area contributed by atoms with E-state index in [1.54, 1.807) is 0 Å². The molecule has 0 radical (unpaired) electrons. The Hall–Kier alpha value is -0.780. The van der Waals surface area contributed by atoms with E-state index in [9.17, 15) is 0 Å². The van der Waals surface area contributed by atoms with Gasteiger partial charge in [-0.15, -0.1) is 0 Å². The van der Waals surface area contributed by atoms with E-state index in [4.69, 9.17) is 2.74 Å². The Morgan fingerprint density at radius 1 is 1.06 bits per heavy atom. The second-order valence-electron chi connectivity index (χ2n) is 8.10. The highest BCUT2D eigenvalue weighted by Crippen LogP contribution is 2.48. The highest BCUT2D eigenvalue weighted by atomic mass is 14.4. The van der Waals surface area contributed by atoms with Crippen molar-refractivity contribution in [3.8, 4) is 0 Å². The summed E-state index contributed by atoms with van der Waals surface area (Å²) in [6, 6.07) is 2.75. The van der Waals surface area contributed by atoms with Crippen molar-refractivity contribution >= 4 is 0 Å². The van der Waals surface area contributed by atoms with Crippen LogP contribution in [0.1, 0.15) is 80.7 Å². The third kappa shape index (κ3) is 2.11. The number of rotatable bonds is 0. The summed E-state index contributed by atoms with van der Waals surface area (Å²) in [5.74, 6) is 0. The number of hydrogen-bond donors (Lipinski definition) is 0. The van der Waals surface area contributed by atoms with Crippen molar-refractivity contribution in [2.75, 3.05) is 0 Å². The van der Waals surface area contributed by atoms with Crippen LogP contribution in [0, 0.1) is 0 Å². The normalized spacial score (nSPS) is 23.1. The van der Waals surface area contributed by atoms with Crippen molar-refractivity contribution in [2.24, 2.45) is 0 Å². The van der Waals surface area contributed by atoms with Crippen LogP contribution in [0.5, 0.6) is 0 Å². The lowest BCUT2D eigenvalue weighted by Gasteiger charge is -2.44. The SMILES string of the molecule is [2H]c1cc(C(C)(C)C)c2c(c1[2H])C(C)(C)CCC2(C)C. The van der Waals surface area contributed by atoms with Crippen molar-refractivity contribution in [1.29, 1.82) is 0 Å². The van der Waals surface area contributed by atoms with E-state index in [0.29, 0.717) is 12.1 Å². The largest absolute Gasteiger partial charge is 0.0626 e. The van der Waals surface area contributed by atoms with Gasteiger partial charge in [-0.1, -0.05) is 66.6 Å². The van der Waals surface area contributed by atoms with Gasteiger partial charge in [0.15, 0.2) is 0 Å². The van der Waals surface area contributed by atoms with Gasteiger partial charge in [-0.05, 0) is 45.8 Å². The highest BCUT2D eigenvalue weighted by molar-refractivity contribution is 5.48. The molecule has 0 nitrogen and oxygen atoms in total. The van der Waals surface area contributed by atoms with Gasteiger partial charge < -0.3 is 0 Å². The van der Waals surface area contributed by atoms with Gasteiger partial charge >= 0.3 is 0 Å². The molecular weight excluding hydrogens is 216 g/mol. The molecular formula is C18H28. The molecule has 0 amide bonds. The highest BCUT2D eigenvalue weighted by Gasteiger charge is 2.39. The monoisotopic (exact) mass is 246 g/mol. The third-order valence-corrected chi connectivity index (χ3v) is 4.47. The summed E-state index contributed by atoms with van der Waals surface area (Å²) in [7, 11) is 0. The van der Waals surface area contributed by atoms with Gasteiger partial charge in [0.25, 0.3) is 0 Å². The Labute approximate surface area is 116 Å². The van der Waals surface area contributed by atoms with E-state index < -0.39 is 0 Å². The molecule has 1 aliphatic rings. The molecule has 0 fully saturated rings. The predicted octanol–water partition coefficient (Wildman–Crippen LogP) is 5.33. The molecule has 0 atom stereocenters. The second kappa shape index (κ2) is 3.85. The minimum Gasteiger partial charge on any atom is -0.0617 e. The molecule has 0 saturated carbocycles. The smallest absolute Gasteiger partial charge is 0.0617 e. The van der Waals surface area contributed by atoms with Gasteiger partial charge in [-0.2, -0.15) is 0 Å². The van der Waals surface area contributed by atoms with E-state index >= 15 is 0 Å². The molecule has 0 spiro atoms. The zero-order valence-electron chi connectivity index (χ0n) is 15.0. The summed E-state index contributed by atoms with van der Waals surface area (Å²) >= 11 is 0. The lowest BCUT2D eigenvalue weighted by molar-refractivity contribution is 0.325. The van der Waals surface area contributed by atoms with Crippen LogP contribution < -0.4 is 0 Å². The van der Waals surface area contributed by atoms with Gasteiger partial charge in [0.1, 0.15) is 0 Å². The van der Waals surface area contributed by atoms with Crippen LogP contribution in [0.4, 0.5) is 0 Å². The Morgan fingerprint density at radius 3 is 2.17 bits per heavy atom. The Bertz CT molecular complexity index is 546. The number of hydrogen-bond acceptors (Lipinski definition) is 0. The summed E-state index contributed by atoms with van der Waals surface area (Å²) in [4.78, 5) is 0. The molecule has 0 heteroatoms. The Balaban J connectivity index is 2.93. The van der Waals surface area contributed by atoms with Crippen molar-refractivity contribution in [3.63, 3.8) is 0 Å². The maximum Gasteiger partial charge on any atom is 0.0626 e. The first-order chi connectivity index (χ1) is 8.88. The van der Waals surface area contributed by atoms with E-state index in [1.807, 2.05) is 6.07 Å². The Morgan fingerprint density at radius 2 is 1.61 bits per heavy atom. The van der Waals surface area contributed by atoms with Crippen LogP contribution in [-0.2, 0) is 16.2 Å². The maximum absolute atomic E-state index is 8.42. The van der Waals surface area contributed by atoms with Crippen molar-refractivity contribution in [3.05, 3.63) is 34.8 Å². The first-order valence-electron chi connectivity index (χ1n) is 8.03. The molecule has 0 unspecified atom stereocenters. The minimum atomic E-state index is -0.000995. The zero-order chi connectivity index (χ0) is 15.5. The summed E-state index contributed by atoms with van der Waals surface area (Å²) in [5.41, 5.74) is 3.81. The van der Waals surface area contributed by atoms with E-state index in [1.165, 1.54) is 11.1 Å². The van der Waals surface area contributed by atoms with E-state index in [0.717, 1.165) is 18.4 Å². The van der Waals surface area contributed by atoms with Crippen molar-refractivity contribution in [1.82, 2.24) is 0 Å². The van der Waals surface area contributed by atoms with Gasteiger partial charge in [-0.25, -0.2) is 0 Å². The molecule has 100 valence electrons. The van der Waals surface area contributed by atoms with Crippen LogP contribution in [-0.4, -0.2) is 0 Å². The molecule has 1 aliphatic carbocycles. The minimum absolute atomic E-state index is 0.000995. The third-order valence-electron chi connectivity index (χ3n) is 4.47. The summed E-state index contributed by atoms with van der Waals surface area (Å²) < 4.78 is 16.6. The molecule has 0 N–H and O–H groups in total. The van der Waals surface area contributed by atoms with Crippen LogP contribution in [0.2, 0.25) is 0 Å². The summed E-state index contributed by atoms with van der Waals surface area (Å²) in [5, 5.41) is 0. The zero-order valence-corrected chi connectivity index (χ0v) is 13.0.